The second-order valence-corrected chi connectivity index (χ2v) is 3.72. The van der Waals surface area contributed by atoms with Crippen LogP contribution >= 0.6 is 0 Å². The Kier molecular flexibility index (Phi) is 2.33. The predicted octanol–water partition coefficient (Wildman–Crippen LogP) is 0.321. The van der Waals surface area contributed by atoms with Gasteiger partial charge in [-0.05, 0) is 26.1 Å². The van der Waals surface area contributed by atoms with Crippen LogP contribution in [0.15, 0.2) is 6.07 Å². The Morgan fingerprint density at radius 2 is 2.62 bits per heavy atom. The molecule has 0 saturated carbocycles. The lowest BCUT2D eigenvalue weighted by Gasteiger charge is -2.06. The van der Waals surface area contributed by atoms with Crippen molar-refractivity contribution in [2.45, 2.75) is 18.9 Å². The molecule has 1 aromatic heterocycles. The summed E-state index contributed by atoms with van der Waals surface area (Å²) in [7, 11) is 2.12. The molecule has 1 aliphatic rings. The van der Waals surface area contributed by atoms with Gasteiger partial charge in [0.15, 0.2) is 0 Å². The molecule has 1 atom stereocenters. The van der Waals surface area contributed by atoms with Crippen LogP contribution in [0.3, 0.4) is 0 Å². The molecular formula is C9H15N3O. The summed E-state index contributed by atoms with van der Waals surface area (Å²) < 4.78 is 0. The van der Waals surface area contributed by atoms with Crippen LogP contribution in [0.4, 0.5) is 0 Å². The second kappa shape index (κ2) is 3.47. The minimum Gasteiger partial charge on any atom is -0.390 e. The van der Waals surface area contributed by atoms with Crippen molar-refractivity contribution in [3.05, 3.63) is 17.5 Å². The monoisotopic (exact) mass is 181 g/mol. The van der Waals surface area contributed by atoms with Crippen molar-refractivity contribution in [3.8, 4) is 0 Å². The molecule has 4 nitrogen and oxygen atoms in total. The normalized spacial score (nSPS) is 24.0. The highest BCUT2D eigenvalue weighted by Gasteiger charge is 2.22. The predicted molar refractivity (Wildman–Crippen MR) is 49.4 cm³/mol. The minimum atomic E-state index is 0.0512. The summed E-state index contributed by atoms with van der Waals surface area (Å²) >= 11 is 0. The Bertz CT molecular complexity index is 284. The highest BCUT2D eigenvalue weighted by molar-refractivity contribution is 5.14. The van der Waals surface area contributed by atoms with Gasteiger partial charge in [-0.2, -0.15) is 5.10 Å². The van der Waals surface area contributed by atoms with E-state index >= 15 is 0 Å². The van der Waals surface area contributed by atoms with Crippen molar-refractivity contribution in [2.24, 2.45) is 0 Å². The lowest BCUT2D eigenvalue weighted by molar-refractivity contribution is 0.276. The number of aliphatic hydroxyl groups is 1. The van der Waals surface area contributed by atoms with Gasteiger partial charge in [0.1, 0.15) is 0 Å². The van der Waals surface area contributed by atoms with Crippen LogP contribution in [0.2, 0.25) is 0 Å². The lowest BCUT2D eigenvalue weighted by Crippen LogP contribution is -2.13. The molecular weight excluding hydrogens is 166 g/mol. The van der Waals surface area contributed by atoms with Gasteiger partial charge < -0.3 is 10.0 Å². The van der Waals surface area contributed by atoms with Crippen molar-refractivity contribution in [1.29, 1.82) is 0 Å². The van der Waals surface area contributed by atoms with Crippen molar-refractivity contribution in [1.82, 2.24) is 15.1 Å². The van der Waals surface area contributed by atoms with Gasteiger partial charge in [0.2, 0.25) is 0 Å². The van der Waals surface area contributed by atoms with Crippen LogP contribution in [-0.2, 0) is 6.61 Å². The number of rotatable bonds is 2. The van der Waals surface area contributed by atoms with Crippen molar-refractivity contribution in [2.75, 3.05) is 20.1 Å². The number of aromatic amines is 1. The van der Waals surface area contributed by atoms with Crippen LogP contribution in [0.1, 0.15) is 23.7 Å². The van der Waals surface area contributed by atoms with Gasteiger partial charge >= 0.3 is 0 Å². The standard InChI is InChI=1S/C9H15N3O/c1-12-3-2-7(5-12)9-4-8(6-13)10-11-9/h4,7,13H,2-3,5-6H2,1H3,(H,10,11). The third-order valence-corrected chi connectivity index (χ3v) is 2.63. The number of likely N-dealkylation sites (tertiary alicyclic amines) is 1. The van der Waals surface area contributed by atoms with Crippen molar-refractivity contribution in [3.63, 3.8) is 0 Å². The van der Waals surface area contributed by atoms with E-state index in [9.17, 15) is 0 Å². The SMILES string of the molecule is CN1CCC(c2cc(CO)[nH]n2)C1. The first kappa shape index (κ1) is 8.72. The number of hydrogen-bond acceptors (Lipinski definition) is 3. The average Bonchev–Trinajstić information content (AvgIpc) is 2.71. The summed E-state index contributed by atoms with van der Waals surface area (Å²) in [5.41, 5.74) is 1.90. The van der Waals surface area contributed by atoms with E-state index in [-0.39, 0.29) is 6.61 Å². The largest absolute Gasteiger partial charge is 0.390 e. The molecule has 0 radical (unpaired) electrons. The van der Waals surface area contributed by atoms with Crippen LogP contribution in [0.25, 0.3) is 0 Å². The van der Waals surface area contributed by atoms with Crippen LogP contribution in [-0.4, -0.2) is 40.3 Å². The fourth-order valence-electron chi connectivity index (χ4n) is 1.85. The number of likely N-dealkylation sites (N-methyl/N-ethyl adjacent to an activating group) is 1. The zero-order valence-corrected chi connectivity index (χ0v) is 7.82. The summed E-state index contributed by atoms with van der Waals surface area (Å²) in [6.45, 7) is 2.28. The summed E-state index contributed by atoms with van der Waals surface area (Å²) in [5, 5.41) is 15.9. The first-order valence-electron chi connectivity index (χ1n) is 4.63. The maximum atomic E-state index is 8.86. The number of nitrogens with one attached hydrogen (secondary N) is 1. The summed E-state index contributed by atoms with van der Waals surface area (Å²) in [4.78, 5) is 2.30. The second-order valence-electron chi connectivity index (χ2n) is 3.72. The number of hydrogen-bond donors (Lipinski definition) is 2. The number of H-pyrrole nitrogens is 1. The Hall–Kier alpha value is -0.870. The van der Waals surface area contributed by atoms with E-state index in [1.54, 1.807) is 0 Å². The van der Waals surface area contributed by atoms with E-state index < -0.39 is 0 Å². The summed E-state index contributed by atoms with van der Waals surface area (Å²) in [6, 6.07) is 1.96. The van der Waals surface area contributed by atoms with E-state index in [0.29, 0.717) is 5.92 Å². The molecule has 1 aromatic rings. The topological polar surface area (TPSA) is 52.1 Å². The summed E-state index contributed by atoms with van der Waals surface area (Å²) in [5.74, 6) is 0.543. The number of aromatic nitrogens is 2. The third-order valence-electron chi connectivity index (χ3n) is 2.63. The molecule has 72 valence electrons. The molecule has 0 amide bonds. The molecule has 1 fully saturated rings. The minimum absolute atomic E-state index is 0.0512. The van der Waals surface area contributed by atoms with E-state index in [0.717, 1.165) is 24.5 Å². The van der Waals surface area contributed by atoms with Crippen LogP contribution in [0, 0.1) is 0 Å². The Morgan fingerprint density at radius 3 is 3.15 bits per heavy atom. The van der Waals surface area contributed by atoms with Crippen LogP contribution < -0.4 is 0 Å². The Labute approximate surface area is 77.6 Å². The molecule has 1 unspecified atom stereocenters. The van der Waals surface area contributed by atoms with E-state index in [1.807, 2.05) is 6.07 Å². The molecule has 0 aromatic carbocycles. The fourth-order valence-corrected chi connectivity index (χ4v) is 1.85. The Balaban J connectivity index is 2.08. The van der Waals surface area contributed by atoms with Gasteiger partial charge in [-0.25, -0.2) is 0 Å². The van der Waals surface area contributed by atoms with Gasteiger partial charge in [0.05, 0.1) is 18.0 Å². The van der Waals surface area contributed by atoms with Gasteiger partial charge in [0.25, 0.3) is 0 Å². The number of nitrogens with zero attached hydrogens (tertiary/aromatic N) is 2. The van der Waals surface area contributed by atoms with Gasteiger partial charge in [-0.15, -0.1) is 0 Å². The highest BCUT2D eigenvalue weighted by Crippen LogP contribution is 2.24. The van der Waals surface area contributed by atoms with Crippen LogP contribution in [0.5, 0.6) is 0 Å². The number of aliphatic hydroxyl groups excluding tert-OH is 1. The smallest absolute Gasteiger partial charge is 0.0847 e. The van der Waals surface area contributed by atoms with Gasteiger partial charge in [-0.1, -0.05) is 0 Å². The molecule has 2 N–H and O–H groups in total. The molecule has 1 saturated heterocycles. The molecule has 0 spiro atoms. The molecule has 0 bridgehead atoms. The average molecular weight is 181 g/mol. The maximum absolute atomic E-state index is 8.86. The van der Waals surface area contributed by atoms with E-state index in [4.69, 9.17) is 5.11 Å². The third kappa shape index (κ3) is 1.73. The molecule has 2 rings (SSSR count). The molecule has 4 heteroatoms. The van der Waals surface area contributed by atoms with Gasteiger partial charge in [0, 0.05) is 12.5 Å². The first-order valence-corrected chi connectivity index (χ1v) is 4.63. The molecule has 2 heterocycles. The van der Waals surface area contributed by atoms with Crippen molar-refractivity contribution >= 4 is 0 Å². The first-order chi connectivity index (χ1) is 6.29. The quantitative estimate of drug-likeness (QED) is 0.691. The fraction of sp³-hybridized carbons (Fsp3) is 0.667. The molecule has 1 aliphatic heterocycles. The molecule has 13 heavy (non-hydrogen) atoms. The summed E-state index contributed by atoms with van der Waals surface area (Å²) in [6.07, 6.45) is 1.17. The maximum Gasteiger partial charge on any atom is 0.0847 e. The van der Waals surface area contributed by atoms with Crippen molar-refractivity contribution < 1.29 is 5.11 Å². The van der Waals surface area contributed by atoms with E-state index in [1.165, 1.54) is 6.42 Å². The van der Waals surface area contributed by atoms with E-state index in [2.05, 4.69) is 22.1 Å². The van der Waals surface area contributed by atoms with Gasteiger partial charge in [-0.3, -0.25) is 5.10 Å². The lowest BCUT2D eigenvalue weighted by atomic mass is 10.1. The molecule has 0 aliphatic carbocycles. The highest BCUT2D eigenvalue weighted by atomic mass is 16.3. The zero-order chi connectivity index (χ0) is 9.26. The Morgan fingerprint density at radius 1 is 1.77 bits per heavy atom. The zero-order valence-electron chi connectivity index (χ0n) is 7.82.